The molecule has 4 fully saturated rings. The third kappa shape index (κ3) is 10.8. The number of amides is 1. The van der Waals surface area contributed by atoms with E-state index in [9.17, 15) is 43.8 Å². The van der Waals surface area contributed by atoms with Crippen molar-refractivity contribution >= 4 is 69.8 Å². The molecule has 12 atom stereocenters. The molecular weight excluding hydrogens is 1070 g/mol. The molecule has 2 aromatic heterocycles. The summed E-state index contributed by atoms with van der Waals surface area (Å²) in [7, 11) is 0. The first-order valence-corrected chi connectivity index (χ1v) is 28.6. The van der Waals surface area contributed by atoms with Crippen LogP contribution in [0, 0.1) is 58.2 Å². The van der Waals surface area contributed by atoms with Crippen LogP contribution in [-0.2, 0) is 41.7 Å². The molecule has 4 aromatic rings. The number of nitrogens with two attached hydrogens (primary N) is 1. The fourth-order valence-corrected chi connectivity index (χ4v) is 16.1. The Balaban J connectivity index is 0.000000150. The Hall–Kier alpha value is -7.43. The third-order valence-corrected chi connectivity index (χ3v) is 20.4. The summed E-state index contributed by atoms with van der Waals surface area (Å²) < 4.78 is 5.79. The van der Waals surface area contributed by atoms with Crippen molar-refractivity contribution < 1.29 is 53.9 Å². The number of hydrogen-bond donors (Lipinski definition) is 8. The normalized spacial score (nSPS) is 31.3. The number of aliphatic hydroxyl groups is 1. The van der Waals surface area contributed by atoms with Gasteiger partial charge in [-0.2, -0.15) is 4.98 Å². The number of esters is 1. The second kappa shape index (κ2) is 22.7. The topological polar surface area (TPSA) is 314 Å². The number of ether oxygens (including phenoxy) is 1. The monoisotopic (exact) mass is 1140 g/mol. The number of hydrogen-bond acceptors (Lipinski definition) is 15. The number of carboxylic acid groups (broad SMARTS) is 2. The van der Waals surface area contributed by atoms with Gasteiger partial charge in [0.1, 0.15) is 17.4 Å². The quantitative estimate of drug-likeness (QED) is 0.0517. The number of nitrogen functional groups attached to an aromatic ring is 1. The number of fused-ring (bicyclic) bond motifs is 11. The maximum atomic E-state index is 12.7. The van der Waals surface area contributed by atoms with Crippen LogP contribution in [0.15, 0.2) is 76.2 Å². The smallest absolute Gasteiger partial charge is 0.326 e. The number of aryl methyl sites for hydroxylation is 1. The third-order valence-electron chi connectivity index (χ3n) is 20.0. The Bertz CT molecular complexity index is 3410. The summed E-state index contributed by atoms with van der Waals surface area (Å²) in [6.07, 6.45) is 21.1. The van der Waals surface area contributed by atoms with Gasteiger partial charge in [0, 0.05) is 46.9 Å². The van der Waals surface area contributed by atoms with Crippen LogP contribution in [0.3, 0.4) is 0 Å². The van der Waals surface area contributed by atoms with Crippen LogP contribution in [-0.4, -0.2) is 93.0 Å². The highest BCUT2D eigenvalue weighted by Crippen LogP contribution is 2.68. The molecule has 0 unspecified atom stereocenters. The number of H-pyrrole nitrogens is 1. The molecule has 2 heterocycles. The fraction of sp³-hybridized carbons (Fsp3) is 0.516. The van der Waals surface area contributed by atoms with Gasteiger partial charge in [-0.3, -0.25) is 33.8 Å². The second-order valence-corrected chi connectivity index (χ2v) is 24.6. The van der Waals surface area contributed by atoms with Crippen LogP contribution < -0.4 is 21.9 Å². The molecule has 20 heteroatoms. The average molecular weight is 1140 g/mol. The summed E-state index contributed by atoms with van der Waals surface area (Å²) in [6.45, 7) is 9.77. The number of carbonyl (C=O) groups is 6. The molecule has 2 aromatic carbocycles. The van der Waals surface area contributed by atoms with Crippen molar-refractivity contribution in [3.63, 3.8) is 0 Å². The summed E-state index contributed by atoms with van der Waals surface area (Å²) in [5, 5.41) is 44.5. The number of nitrogens with one attached hydrogen (secondary N) is 3. The van der Waals surface area contributed by atoms with Crippen LogP contribution in [0.1, 0.15) is 151 Å². The number of rotatable bonds is 11. The molecular formula is C62H72ClN7O12. The Labute approximate surface area is 480 Å². The number of nitrogens with zero attached hydrogens (tertiary/aromatic N) is 3. The van der Waals surface area contributed by atoms with Gasteiger partial charge in [-0.25, -0.2) is 14.8 Å². The molecule has 0 spiro atoms. The lowest BCUT2D eigenvalue weighted by Crippen LogP contribution is -2.58. The Morgan fingerprint density at radius 1 is 0.902 bits per heavy atom. The van der Waals surface area contributed by atoms with E-state index in [1.807, 2.05) is 12.1 Å². The van der Waals surface area contributed by atoms with Crippen molar-refractivity contribution in [1.82, 2.24) is 25.3 Å². The van der Waals surface area contributed by atoms with Crippen LogP contribution in [0.5, 0.6) is 5.75 Å². The average Bonchev–Trinajstić information content (AvgIpc) is 1.53. The van der Waals surface area contributed by atoms with E-state index in [1.54, 1.807) is 25.1 Å². The molecule has 7 aliphatic carbocycles. The number of phenolic OH excluding ortho intramolecular Hbond substituents is 1. The number of ketones is 2. The molecule has 9 N–H and O–H groups in total. The molecule has 0 aliphatic heterocycles. The van der Waals surface area contributed by atoms with Gasteiger partial charge in [0.2, 0.25) is 5.95 Å². The number of benzene rings is 2. The minimum Gasteiger partial charge on any atom is -0.508 e. The van der Waals surface area contributed by atoms with E-state index >= 15 is 0 Å². The van der Waals surface area contributed by atoms with Crippen LogP contribution in [0.2, 0.25) is 0 Å². The van der Waals surface area contributed by atoms with E-state index < -0.39 is 40.6 Å². The van der Waals surface area contributed by atoms with Gasteiger partial charge in [0.15, 0.2) is 28.3 Å². The summed E-state index contributed by atoms with van der Waals surface area (Å²) in [5.74, 6) is 2.25. The molecule has 434 valence electrons. The zero-order chi connectivity index (χ0) is 59.3. The second-order valence-electron chi connectivity index (χ2n) is 24.2. The van der Waals surface area contributed by atoms with E-state index in [4.69, 9.17) is 38.7 Å². The predicted molar refractivity (Wildman–Crippen MR) is 305 cm³/mol. The summed E-state index contributed by atoms with van der Waals surface area (Å²) >= 11 is 6.71. The van der Waals surface area contributed by atoms with E-state index in [0.717, 1.165) is 69.8 Å². The van der Waals surface area contributed by atoms with Crippen LogP contribution >= 0.6 is 11.6 Å². The van der Waals surface area contributed by atoms with Gasteiger partial charge in [-0.1, -0.05) is 50.4 Å². The molecule has 0 radical (unpaired) electrons. The van der Waals surface area contributed by atoms with E-state index in [2.05, 4.69) is 69.4 Å². The van der Waals surface area contributed by atoms with Crippen molar-refractivity contribution in [1.29, 1.82) is 0 Å². The van der Waals surface area contributed by atoms with E-state index in [0.29, 0.717) is 58.7 Å². The first-order valence-electron chi connectivity index (χ1n) is 28.2. The number of phenols is 1. The highest BCUT2D eigenvalue weighted by molar-refractivity contribution is 6.32. The minimum absolute atomic E-state index is 0.0490. The number of terminal acetylenes is 1. The number of aliphatic carboxylic acids is 2. The minimum atomic E-state index is -1.31. The number of carbonyl (C=O) groups excluding carboxylic acids is 4. The summed E-state index contributed by atoms with van der Waals surface area (Å²) in [6, 6.07) is 10.7. The van der Waals surface area contributed by atoms with Crippen molar-refractivity contribution in [3.8, 4) is 18.1 Å². The zero-order valence-electron chi connectivity index (χ0n) is 46.9. The Morgan fingerprint density at radius 3 is 2.29 bits per heavy atom. The number of aromatic nitrogens is 4. The molecule has 11 rings (SSSR count). The first-order chi connectivity index (χ1) is 38.8. The van der Waals surface area contributed by atoms with Gasteiger partial charge < -0.3 is 41.5 Å². The molecule has 4 saturated carbocycles. The van der Waals surface area contributed by atoms with Gasteiger partial charge in [0.05, 0.1) is 18.4 Å². The number of halogens is 1. The van der Waals surface area contributed by atoms with Crippen molar-refractivity contribution in [3.05, 3.63) is 104 Å². The number of aromatic amines is 1. The first kappa shape index (κ1) is 59.2. The van der Waals surface area contributed by atoms with Gasteiger partial charge >= 0.3 is 17.9 Å². The van der Waals surface area contributed by atoms with Crippen LogP contribution in [0.4, 0.5) is 11.6 Å². The van der Waals surface area contributed by atoms with E-state index in [-0.39, 0.29) is 87.7 Å². The number of anilines is 2. The maximum absolute atomic E-state index is 12.7. The van der Waals surface area contributed by atoms with Gasteiger partial charge in [-0.15, -0.1) is 6.42 Å². The lowest BCUT2D eigenvalue weighted by atomic mass is 9.48. The number of carboxylic acids is 2. The molecule has 7 aliphatic rings. The zero-order valence-corrected chi connectivity index (χ0v) is 47.6. The fourth-order valence-electron chi connectivity index (χ4n) is 15.7. The number of aromatic hydroxyl groups is 1. The van der Waals surface area contributed by atoms with Crippen LogP contribution in [0.25, 0.3) is 11.2 Å². The molecule has 19 nitrogen and oxygen atoms in total. The van der Waals surface area contributed by atoms with Gasteiger partial charge in [0.25, 0.3) is 11.5 Å². The Morgan fingerprint density at radius 2 is 1.61 bits per heavy atom. The summed E-state index contributed by atoms with van der Waals surface area (Å²) in [5.41, 5.74) is 7.63. The molecule has 0 bridgehead atoms. The van der Waals surface area contributed by atoms with Crippen molar-refractivity contribution in [2.45, 2.75) is 154 Å². The largest absolute Gasteiger partial charge is 0.508 e. The molecule has 1 amide bonds. The highest BCUT2D eigenvalue weighted by atomic mass is 35.5. The SMILES string of the molecule is C#C[C@]1(O)CC[C@H]2[C@@H]3CCc4cc(O)ccc4[C@H]3CC[C@@]21C.CC(=O)O[C@]1(C(C)=O)CC[C@H]2[C@@H]3C=C(Cl)C4=CC(=O)CC[C@]4(C)[C@H]3CC[C@@]21C.Nc1nc2ncc(CNc3ccc(C(=O)N[C@@H](CCC(=O)O)C(=O)O)cc3)nc2c(=O)[nH]1. The van der Waals surface area contributed by atoms with E-state index in [1.165, 1.54) is 36.4 Å². The maximum Gasteiger partial charge on any atom is 0.326 e. The van der Waals surface area contributed by atoms with Crippen molar-refractivity contribution in [2.75, 3.05) is 11.1 Å². The number of Topliss-reactive ketones (excluding diaryl/α,β-unsaturated/α-hetero) is 1. The lowest BCUT2D eigenvalue weighted by molar-refractivity contribution is -0.185. The number of allylic oxidation sites excluding steroid dienone is 4. The molecule has 0 saturated heterocycles. The standard InChI is InChI=1S/C23H29ClO4.C20H24O2.C19H19N7O6/c1-13(25)23(28-14(2)26)10-7-18-16-12-20(24)19-11-15(27)5-8-21(19,3)17(16)6-9-22(18,23)4;1-3-20(22)11-9-18-17-6-4-13-12-14(21)5-7-15(13)16(17)8-10-19(18,20)2;20-19-25-15-14(17(30)26-19)23-11(8-22-15)7-21-10-3-1-9(2-4-10)16(29)24-12(18(31)32)5-6-13(27)28/h11-12,16-18H,5-10H2,1-4H3;1,5,7,12,16-18,21-22H,4,6,8-11H2,2H3;1-4,8,12,21H,5-7H2,(H,24,29)(H,27,28)(H,31,32)(H3,20,22,25,26,30)/t16-,17+,18+,21-,22+,23+;16-,17-,18+,19+,20+;12-/m110/s1. The summed E-state index contributed by atoms with van der Waals surface area (Å²) in [4.78, 5) is 97.2. The lowest BCUT2D eigenvalue weighted by Gasteiger charge is -2.57. The van der Waals surface area contributed by atoms with Gasteiger partial charge in [-0.05, 0) is 184 Å². The Kier molecular flexibility index (Phi) is 16.4. The molecule has 82 heavy (non-hydrogen) atoms. The van der Waals surface area contributed by atoms with Crippen molar-refractivity contribution in [2.24, 2.45) is 45.8 Å². The highest BCUT2D eigenvalue weighted by Gasteiger charge is 2.68. The predicted octanol–water partition coefficient (Wildman–Crippen LogP) is 8.32.